The molecule has 3 rings (SSSR count). The summed E-state index contributed by atoms with van der Waals surface area (Å²) in [4.78, 5) is 4.61. The van der Waals surface area contributed by atoms with Gasteiger partial charge in [-0.05, 0) is 37.8 Å². The Morgan fingerprint density at radius 3 is 2.82 bits per heavy atom. The number of nitrogens with zero attached hydrogens (tertiary/aromatic N) is 1. The van der Waals surface area contributed by atoms with Gasteiger partial charge in [0.15, 0.2) is 5.96 Å². The average Bonchev–Trinajstić information content (AvgIpc) is 3.23. The smallest absolute Gasteiger partial charge is 0.191 e. The van der Waals surface area contributed by atoms with Gasteiger partial charge in [-0.25, -0.2) is 0 Å². The summed E-state index contributed by atoms with van der Waals surface area (Å²) in [5.74, 6) is 2.75. The SMILES string of the molecule is CCNC(=NCC1CC1)NCCc1cc2ccccc2o1.I. The van der Waals surface area contributed by atoms with E-state index in [1.807, 2.05) is 18.2 Å². The molecule has 1 fully saturated rings. The Balaban J connectivity index is 0.00000176. The normalized spacial score (nSPS) is 14.7. The van der Waals surface area contributed by atoms with Crippen LogP contribution in [-0.2, 0) is 6.42 Å². The molecular formula is C17H24IN3O. The van der Waals surface area contributed by atoms with Gasteiger partial charge >= 0.3 is 0 Å². The molecule has 120 valence electrons. The molecule has 2 N–H and O–H groups in total. The number of hydrogen-bond donors (Lipinski definition) is 2. The summed E-state index contributed by atoms with van der Waals surface area (Å²) < 4.78 is 5.82. The first kappa shape index (κ1) is 17.1. The highest BCUT2D eigenvalue weighted by Crippen LogP contribution is 2.28. The minimum atomic E-state index is 0. The maximum Gasteiger partial charge on any atom is 0.191 e. The predicted octanol–water partition coefficient (Wildman–Crippen LogP) is 3.56. The first-order valence-electron chi connectivity index (χ1n) is 7.85. The minimum Gasteiger partial charge on any atom is -0.461 e. The van der Waals surface area contributed by atoms with Gasteiger partial charge < -0.3 is 15.1 Å². The van der Waals surface area contributed by atoms with Crippen molar-refractivity contribution in [3.05, 3.63) is 36.1 Å². The molecule has 0 bridgehead atoms. The fourth-order valence-corrected chi connectivity index (χ4v) is 2.33. The van der Waals surface area contributed by atoms with E-state index >= 15 is 0 Å². The van der Waals surface area contributed by atoms with Crippen molar-refractivity contribution in [3.63, 3.8) is 0 Å². The number of halogens is 1. The lowest BCUT2D eigenvalue weighted by Crippen LogP contribution is -2.38. The Bertz CT molecular complexity index is 586. The van der Waals surface area contributed by atoms with Crippen LogP contribution in [0.4, 0.5) is 0 Å². The number of furan rings is 1. The van der Waals surface area contributed by atoms with Crippen molar-refractivity contribution < 1.29 is 4.42 Å². The molecule has 22 heavy (non-hydrogen) atoms. The minimum absolute atomic E-state index is 0. The van der Waals surface area contributed by atoms with Gasteiger partial charge in [-0.3, -0.25) is 4.99 Å². The van der Waals surface area contributed by atoms with Gasteiger partial charge in [0.05, 0.1) is 0 Å². The van der Waals surface area contributed by atoms with Crippen LogP contribution in [0.1, 0.15) is 25.5 Å². The Hall–Kier alpha value is -1.24. The number of guanidine groups is 1. The Labute approximate surface area is 148 Å². The fraction of sp³-hybridized carbons (Fsp3) is 0.471. The average molecular weight is 413 g/mol. The molecule has 5 heteroatoms. The van der Waals surface area contributed by atoms with Crippen LogP contribution in [0.5, 0.6) is 0 Å². The maximum absolute atomic E-state index is 5.82. The van der Waals surface area contributed by atoms with Gasteiger partial charge in [0, 0.05) is 31.4 Å². The number of aliphatic imine (C=N–C) groups is 1. The zero-order valence-electron chi connectivity index (χ0n) is 13.0. The van der Waals surface area contributed by atoms with Crippen LogP contribution < -0.4 is 10.6 Å². The summed E-state index contributed by atoms with van der Waals surface area (Å²) >= 11 is 0. The summed E-state index contributed by atoms with van der Waals surface area (Å²) in [6.45, 7) is 4.75. The second-order valence-corrected chi connectivity index (χ2v) is 5.59. The zero-order chi connectivity index (χ0) is 14.5. The molecule has 0 radical (unpaired) electrons. The predicted molar refractivity (Wildman–Crippen MR) is 102 cm³/mol. The van der Waals surface area contributed by atoms with Crippen molar-refractivity contribution in [2.75, 3.05) is 19.6 Å². The Morgan fingerprint density at radius 1 is 1.27 bits per heavy atom. The molecule has 0 saturated heterocycles. The largest absolute Gasteiger partial charge is 0.461 e. The van der Waals surface area contributed by atoms with E-state index in [-0.39, 0.29) is 24.0 Å². The number of para-hydroxylation sites is 1. The number of nitrogens with one attached hydrogen (secondary N) is 2. The van der Waals surface area contributed by atoms with Gasteiger partial charge in [-0.1, -0.05) is 18.2 Å². The fourth-order valence-electron chi connectivity index (χ4n) is 2.33. The first-order valence-corrected chi connectivity index (χ1v) is 7.85. The summed E-state index contributed by atoms with van der Waals surface area (Å²) in [5.41, 5.74) is 0.960. The van der Waals surface area contributed by atoms with Crippen LogP contribution in [0.3, 0.4) is 0 Å². The monoisotopic (exact) mass is 413 g/mol. The molecule has 1 heterocycles. The molecule has 1 saturated carbocycles. The second kappa shape index (κ2) is 8.41. The van der Waals surface area contributed by atoms with Crippen molar-refractivity contribution in [1.82, 2.24) is 10.6 Å². The van der Waals surface area contributed by atoms with Crippen molar-refractivity contribution in [2.24, 2.45) is 10.9 Å². The van der Waals surface area contributed by atoms with Gasteiger partial charge in [0.1, 0.15) is 11.3 Å². The molecule has 0 atom stereocenters. The highest BCUT2D eigenvalue weighted by Gasteiger charge is 2.20. The molecule has 1 aromatic carbocycles. The van der Waals surface area contributed by atoms with Crippen molar-refractivity contribution in [1.29, 1.82) is 0 Å². The van der Waals surface area contributed by atoms with Crippen LogP contribution in [0.2, 0.25) is 0 Å². The molecule has 0 amide bonds. The van der Waals surface area contributed by atoms with E-state index in [9.17, 15) is 0 Å². The number of fused-ring (bicyclic) bond motifs is 1. The molecule has 4 nitrogen and oxygen atoms in total. The number of hydrogen-bond acceptors (Lipinski definition) is 2. The molecule has 1 aliphatic rings. The standard InChI is InChI=1S/C17H23N3O.HI/c1-2-18-17(20-12-13-7-8-13)19-10-9-15-11-14-5-3-4-6-16(14)21-15;/h3-6,11,13H,2,7-10,12H2,1H3,(H2,18,19,20);1H. The first-order chi connectivity index (χ1) is 10.3. The van der Waals surface area contributed by atoms with E-state index in [2.05, 4.69) is 34.7 Å². The Kier molecular flexibility index (Phi) is 6.54. The summed E-state index contributed by atoms with van der Waals surface area (Å²) in [5, 5.41) is 7.83. The lowest BCUT2D eigenvalue weighted by atomic mass is 10.2. The van der Waals surface area contributed by atoms with Crippen molar-refractivity contribution in [3.8, 4) is 0 Å². The maximum atomic E-state index is 5.82. The van der Waals surface area contributed by atoms with E-state index in [4.69, 9.17) is 4.42 Å². The third-order valence-corrected chi connectivity index (χ3v) is 3.69. The van der Waals surface area contributed by atoms with E-state index < -0.39 is 0 Å². The van der Waals surface area contributed by atoms with E-state index in [1.54, 1.807) is 0 Å². The third kappa shape index (κ3) is 4.90. The van der Waals surface area contributed by atoms with E-state index in [1.165, 1.54) is 18.2 Å². The van der Waals surface area contributed by atoms with Crippen LogP contribution >= 0.6 is 24.0 Å². The molecule has 0 spiro atoms. The molecule has 0 aliphatic heterocycles. The summed E-state index contributed by atoms with van der Waals surface area (Å²) in [6.07, 6.45) is 3.53. The quantitative estimate of drug-likeness (QED) is 0.433. The van der Waals surface area contributed by atoms with Crippen molar-refractivity contribution >= 4 is 40.9 Å². The van der Waals surface area contributed by atoms with Gasteiger partial charge in [0.25, 0.3) is 0 Å². The van der Waals surface area contributed by atoms with Gasteiger partial charge in [-0.15, -0.1) is 24.0 Å². The molecule has 1 aliphatic carbocycles. The zero-order valence-corrected chi connectivity index (χ0v) is 15.3. The summed E-state index contributed by atoms with van der Waals surface area (Å²) in [7, 11) is 0. The van der Waals surface area contributed by atoms with Crippen LogP contribution in [0, 0.1) is 5.92 Å². The second-order valence-electron chi connectivity index (χ2n) is 5.59. The highest BCUT2D eigenvalue weighted by molar-refractivity contribution is 14.0. The third-order valence-electron chi connectivity index (χ3n) is 3.69. The van der Waals surface area contributed by atoms with Crippen LogP contribution in [-0.4, -0.2) is 25.6 Å². The topological polar surface area (TPSA) is 49.6 Å². The molecule has 2 aromatic rings. The highest BCUT2D eigenvalue weighted by atomic mass is 127. The molecule has 0 unspecified atom stereocenters. The van der Waals surface area contributed by atoms with Gasteiger partial charge in [0.2, 0.25) is 0 Å². The Morgan fingerprint density at radius 2 is 2.09 bits per heavy atom. The lowest BCUT2D eigenvalue weighted by molar-refractivity contribution is 0.544. The summed E-state index contributed by atoms with van der Waals surface area (Å²) in [6, 6.07) is 10.2. The van der Waals surface area contributed by atoms with Gasteiger partial charge in [-0.2, -0.15) is 0 Å². The van der Waals surface area contributed by atoms with Crippen molar-refractivity contribution in [2.45, 2.75) is 26.2 Å². The van der Waals surface area contributed by atoms with Crippen LogP contribution in [0.25, 0.3) is 11.0 Å². The molecule has 1 aromatic heterocycles. The van der Waals surface area contributed by atoms with E-state index in [0.717, 1.165) is 49.3 Å². The van der Waals surface area contributed by atoms with Crippen LogP contribution in [0.15, 0.2) is 39.7 Å². The van der Waals surface area contributed by atoms with E-state index in [0.29, 0.717) is 0 Å². The number of rotatable bonds is 6. The lowest BCUT2D eigenvalue weighted by Gasteiger charge is -2.10. The molecular weight excluding hydrogens is 389 g/mol. The number of benzene rings is 1.